The van der Waals surface area contributed by atoms with Gasteiger partial charge in [-0.1, -0.05) is 16.9 Å². The summed E-state index contributed by atoms with van der Waals surface area (Å²) >= 11 is 3.56. The summed E-state index contributed by atoms with van der Waals surface area (Å²) in [5, 5.41) is 46.8. The molecule has 1 fully saturated rings. The summed E-state index contributed by atoms with van der Waals surface area (Å²) in [6.07, 6.45) is 0. The summed E-state index contributed by atoms with van der Waals surface area (Å²) in [6.45, 7) is -0.462. The molecule has 2 aliphatic rings. The van der Waals surface area contributed by atoms with Crippen LogP contribution in [-0.4, -0.2) is 112 Å². The first-order valence-electron chi connectivity index (χ1n) is 10.6. The lowest BCUT2D eigenvalue weighted by Gasteiger charge is -2.49. The van der Waals surface area contributed by atoms with Crippen molar-refractivity contribution in [2.45, 2.75) is 23.1 Å². The number of nitrogen functional groups attached to an aromatic ring is 1. The van der Waals surface area contributed by atoms with Crippen molar-refractivity contribution >= 4 is 75.9 Å². The van der Waals surface area contributed by atoms with Gasteiger partial charge in [-0.2, -0.15) is 0 Å². The van der Waals surface area contributed by atoms with Crippen LogP contribution in [0.4, 0.5) is 5.13 Å². The third kappa shape index (κ3) is 6.18. The van der Waals surface area contributed by atoms with E-state index in [1.807, 2.05) is 0 Å². The normalized spacial score (nSPS) is 18.9. The number of aliphatic carboxylic acids is 1. The van der Waals surface area contributed by atoms with Crippen molar-refractivity contribution in [3.8, 4) is 0 Å². The number of oxime groups is 1. The molecule has 0 bridgehead atoms. The third-order valence-electron chi connectivity index (χ3n) is 5.04. The summed E-state index contributed by atoms with van der Waals surface area (Å²) in [7, 11) is 0. The highest BCUT2D eigenvalue weighted by Crippen LogP contribution is 2.41. The van der Waals surface area contributed by atoms with Gasteiger partial charge in [0, 0.05) is 16.9 Å². The molecular formula is C18H22ClN9O7S3. The molecule has 38 heavy (non-hydrogen) atoms. The zero-order valence-corrected chi connectivity index (χ0v) is 22.6. The molecular weight excluding hydrogens is 586 g/mol. The van der Waals surface area contributed by atoms with Crippen LogP contribution in [0.1, 0.15) is 5.69 Å². The maximum Gasteiger partial charge on any atom is 0.352 e. The molecule has 1 saturated heterocycles. The number of tetrazole rings is 1. The molecule has 1 unspecified atom stereocenters. The fraction of sp³-hybridized carbons (Fsp3) is 0.444. The van der Waals surface area contributed by atoms with Gasteiger partial charge in [0.25, 0.3) is 11.8 Å². The average molecular weight is 608 g/mol. The van der Waals surface area contributed by atoms with Gasteiger partial charge >= 0.3 is 5.97 Å². The predicted octanol–water partition coefficient (Wildman–Crippen LogP) is -1.63. The molecule has 2 aromatic heterocycles. The van der Waals surface area contributed by atoms with E-state index in [1.54, 1.807) is 0 Å². The van der Waals surface area contributed by atoms with Gasteiger partial charge in [0.15, 0.2) is 10.8 Å². The van der Waals surface area contributed by atoms with Crippen LogP contribution in [0, 0.1) is 0 Å². The third-order valence-corrected chi connectivity index (χ3v) is 8.10. The van der Waals surface area contributed by atoms with Crippen molar-refractivity contribution in [2.24, 2.45) is 5.16 Å². The summed E-state index contributed by atoms with van der Waals surface area (Å²) in [5.41, 5.74) is 5.88. The van der Waals surface area contributed by atoms with Crippen molar-refractivity contribution < 1.29 is 34.5 Å². The molecule has 2 amide bonds. The van der Waals surface area contributed by atoms with Crippen LogP contribution in [0.5, 0.6) is 0 Å². The molecule has 0 saturated carbocycles. The molecule has 2 aliphatic heterocycles. The number of aliphatic hydroxyl groups excluding tert-OH is 2. The quantitative estimate of drug-likeness (QED) is 0.0599. The van der Waals surface area contributed by atoms with Gasteiger partial charge < -0.3 is 31.2 Å². The Kier molecular flexibility index (Phi) is 10.3. The number of carbonyl (C=O) groups excluding carboxylic acids is 2. The van der Waals surface area contributed by atoms with E-state index in [2.05, 4.69) is 31.0 Å². The molecule has 4 heterocycles. The number of hydrogen-bond acceptors (Lipinski definition) is 15. The summed E-state index contributed by atoms with van der Waals surface area (Å²) in [4.78, 5) is 48.1. The fourth-order valence-corrected chi connectivity index (χ4v) is 6.38. The minimum Gasteiger partial charge on any atom is -0.477 e. The second kappa shape index (κ2) is 13.2. The van der Waals surface area contributed by atoms with Gasteiger partial charge in [-0.25, -0.2) is 14.5 Å². The number of rotatable bonds is 12. The molecule has 16 nitrogen and oxygen atoms in total. The summed E-state index contributed by atoms with van der Waals surface area (Å²) in [6, 6.07) is -1.00. The molecule has 4 rings (SSSR count). The Labute approximate surface area is 233 Å². The number of carbonyl (C=O) groups is 3. The molecule has 0 aliphatic carbocycles. The topological polar surface area (TPSA) is 231 Å². The van der Waals surface area contributed by atoms with Crippen molar-refractivity contribution in [1.29, 1.82) is 0 Å². The number of thiazole rings is 1. The number of fused-ring (bicyclic) bond motifs is 1. The highest BCUT2D eigenvalue weighted by molar-refractivity contribution is 8.01. The number of aliphatic hydroxyl groups is 2. The number of nitrogens with zero attached hydrogens (tertiary/aromatic N) is 7. The van der Waals surface area contributed by atoms with Crippen LogP contribution in [-0.2, 0) is 25.8 Å². The number of nitrogens with two attached hydrogens (primary N) is 1. The Hall–Kier alpha value is -2.97. The molecule has 0 spiro atoms. The van der Waals surface area contributed by atoms with Gasteiger partial charge in [0.2, 0.25) is 5.16 Å². The standard InChI is InChI=1S/C18H21N9O7S3.ClH/c19-17-20-9(7-36-17)10(23-34-4-3-29)13(30)21-11-14(31)27-12(16(32)33)8(5-35-15(11)27)6-37-18-22-24-25-26(18)1-2-28;/h7,11,15,28-29H,1-6H2,(H2,19,20)(H,21,30)(H,32,33);1H/t11?,15-;/m1./s1. The maximum absolute atomic E-state index is 13.0. The van der Waals surface area contributed by atoms with Crippen LogP contribution < -0.4 is 11.1 Å². The summed E-state index contributed by atoms with van der Waals surface area (Å²) < 4.78 is 1.39. The maximum atomic E-state index is 13.0. The lowest BCUT2D eigenvalue weighted by atomic mass is 10.0. The number of anilines is 1. The Balaban J connectivity index is 0.00000400. The van der Waals surface area contributed by atoms with Gasteiger partial charge in [-0.05, 0) is 16.0 Å². The first-order valence-corrected chi connectivity index (χ1v) is 13.5. The molecule has 2 atom stereocenters. The van der Waals surface area contributed by atoms with Crippen LogP contribution in [0.3, 0.4) is 0 Å². The molecule has 206 valence electrons. The van der Waals surface area contributed by atoms with Crippen LogP contribution >= 0.6 is 47.3 Å². The number of halogens is 1. The van der Waals surface area contributed by atoms with Crippen LogP contribution in [0.2, 0.25) is 0 Å². The van der Waals surface area contributed by atoms with Gasteiger partial charge in [0.05, 0.1) is 19.8 Å². The highest BCUT2D eigenvalue weighted by Gasteiger charge is 2.54. The van der Waals surface area contributed by atoms with E-state index < -0.39 is 29.2 Å². The van der Waals surface area contributed by atoms with E-state index in [0.29, 0.717) is 16.5 Å². The van der Waals surface area contributed by atoms with Gasteiger partial charge in [-0.15, -0.1) is 40.6 Å². The van der Waals surface area contributed by atoms with E-state index in [4.69, 9.17) is 20.8 Å². The van der Waals surface area contributed by atoms with Gasteiger partial charge in [0.1, 0.15) is 29.4 Å². The second-order valence-corrected chi connectivity index (χ2v) is 10.3. The van der Waals surface area contributed by atoms with Crippen molar-refractivity contribution in [3.63, 3.8) is 0 Å². The minimum absolute atomic E-state index is 0. The Morgan fingerprint density at radius 2 is 2.13 bits per heavy atom. The Morgan fingerprint density at radius 1 is 1.34 bits per heavy atom. The highest BCUT2D eigenvalue weighted by atomic mass is 35.5. The van der Waals surface area contributed by atoms with Crippen molar-refractivity contribution in [2.75, 3.05) is 37.1 Å². The van der Waals surface area contributed by atoms with E-state index in [9.17, 15) is 19.5 Å². The first kappa shape index (κ1) is 29.6. The lowest BCUT2D eigenvalue weighted by molar-refractivity contribution is -0.150. The molecule has 0 aromatic carbocycles. The van der Waals surface area contributed by atoms with E-state index >= 15 is 0 Å². The number of β-lactam (4-membered cyclic amide) rings is 1. The zero-order chi connectivity index (χ0) is 26.5. The number of thioether (sulfide) groups is 2. The van der Waals surface area contributed by atoms with Crippen LogP contribution in [0.25, 0.3) is 0 Å². The zero-order valence-electron chi connectivity index (χ0n) is 19.3. The molecule has 20 heteroatoms. The number of hydrogen-bond donors (Lipinski definition) is 5. The van der Waals surface area contributed by atoms with Crippen molar-refractivity contribution in [3.05, 3.63) is 22.3 Å². The Bertz CT molecular complexity index is 1250. The average Bonchev–Trinajstić information content (AvgIpc) is 3.51. The largest absolute Gasteiger partial charge is 0.477 e. The number of carboxylic acid groups (broad SMARTS) is 1. The monoisotopic (exact) mass is 607 g/mol. The minimum atomic E-state index is -1.27. The smallest absolute Gasteiger partial charge is 0.352 e. The number of carboxylic acids is 1. The number of amides is 2. The lowest BCUT2D eigenvalue weighted by Crippen LogP contribution is -2.71. The Morgan fingerprint density at radius 3 is 2.79 bits per heavy atom. The van der Waals surface area contributed by atoms with E-state index in [-0.39, 0.29) is 66.8 Å². The SMILES string of the molecule is Cl.Nc1nc(C(=NOCCO)C(=O)NC2C(=O)N3C(C(=O)O)=C(CSc4nnnn4CCO)CS[C@H]23)cs1. The van der Waals surface area contributed by atoms with Gasteiger partial charge in [-0.3, -0.25) is 14.5 Å². The molecule has 2 aromatic rings. The predicted molar refractivity (Wildman–Crippen MR) is 139 cm³/mol. The van der Waals surface area contributed by atoms with E-state index in [1.165, 1.54) is 33.6 Å². The number of aromatic nitrogens is 5. The van der Waals surface area contributed by atoms with E-state index in [0.717, 1.165) is 16.2 Å². The number of nitrogens with one attached hydrogen (secondary N) is 1. The molecule has 0 radical (unpaired) electrons. The van der Waals surface area contributed by atoms with Crippen LogP contribution in [0.15, 0.2) is 27.0 Å². The molecule has 6 N–H and O–H groups in total. The summed E-state index contributed by atoms with van der Waals surface area (Å²) in [5.74, 6) is -2.13. The first-order chi connectivity index (χ1) is 17.8. The fourth-order valence-electron chi connectivity index (χ4n) is 3.44. The van der Waals surface area contributed by atoms with Crippen molar-refractivity contribution in [1.82, 2.24) is 35.4 Å². The second-order valence-electron chi connectivity index (χ2n) is 7.38.